The van der Waals surface area contributed by atoms with E-state index in [-0.39, 0.29) is 37.1 Å². The number of phenolic OH excluding ortho intramolecular Hbond substituents is 1. The number of benzene rings is 3. The molecule has 0 unspecified atom stereocenters. The van der Waals surface area contributed by atoms with E-state index in [2.05, 4.69) is 40.8 Å². The molecule has 0 radical (unpaired) electrons. The summed E-state index contributed by atoms with van der Waals surface area (Å²) < 4.78 is 71.3. The second-order valence-corrected chi connectivity index (χ2v) is 16.5. The van der Waals surface area contributed by atoms with Crippen molar-refractivity contribution in [2.24, 2.45) is 14.1 Å². The smallest absolute Gasteiger partial charge is 0.297 e. The van der Waals surface area contributed by atoms with Gasteiger partial charge in [-0.3, -0.25) is 14.2 Å². The van der Waals surface area contributed by atoms with Gasteiger partial charge in [-0.15, -0.1) is 0 Å². The molecule has 0 bridgehead atoms. The Balaban J connectivity index is 0.000000154. The Morgan fingerprint density at radius 3 is 1.70 bits per heavy atom. The van der Waals surface area contributed by atoms with Crippen molar-refractivity contribution in [3.05, 3.63) is 140 Å². The van der Waals surface area contributed by atoms with Gasteiger partial charge >= 0.3 is 0 Å². The fourth-order valence-corrected chi connectivity index (χ4v) is 7.91. The Bertz CT molecular complexity index is 3170. The van der Waals surface area contributed by atoms with Crippen molar-refractivity contribution in [3.63, 3.8) is 0 Å². The van der Waals surface area contributed by atoms with Crippen LogP contribution in [0.1, 0.15) is 5.56 Å². The van der Waals surface area contributed by atoms with Crippen LogP contribution in [0, 0.1) is 6.92 Å². The van der Waals surface area contributed by atoms with E-state index in [0.717, 1.165) is 72.4 Å². The Labute approximate surface area is 386 Å². The minimum absolute atomic E-state index is 0.0477. The zero-order chi connectivity index (χ0) is 47.2. The molecule has 6 aromatic heterocycles. The molecule has 0 amide bonds. The van der Waals surface area contributed by atoms with Crippen LogP contribution in [-0.2, 0) is 37.9 Å². The van der Waals surface area contributed by atoms with Gasteiger partial charge in [0.05, 0.1) is 49.0 Å². The average molecular weight is 933 g/mol. The van der Waals surface area contributed by atoms with Gasteiger partial charge < -0.3 is 39.1 Å². The number of halogens is 2. The number of ether oxygens (including phenoxy) is 3. The van der Waals surface area contributed by atoms with Crippen molar-refractivity contribution in [2.45, 2.75) is 11.8 Å². The Morgan fingerprint density at radius 1 is 0.612 bits per heavy atom. The number of phenols is 1. The molecular weight excluding hydrogens is 883 g/mol. The molecule has 6 heterocycles. The predicted octanol–water partition coefficient (Wildman–Crippen LogP) is 9.49. The first kappa shape index (κ1) is 47.7. The van der Waals surface area contributed by atoms with Crippen LogP contribution >= 0.6 is 0 Å². The summed E-state index contributed by atoms with van der Waals surface area (Å²) >= 11 is 0. The molecule has 0 aliphatic heterocycles. The molecule has 15 nitrogen and oxygen atoms in total. The molecule has 0 saturated heterocycles. The highest BCUT2D eigenvalue weighted by molar-refractivity contribution is 7.86. The molecule has 67 heavy (non-hydrogen) atoms. The summed E-state index contributed by atoms with van der Waals surface area (Å²) in [7, 11) is 0.259. The van der Waals surface area contributed by atoms with Gasteiger partial charge in [0, 0.05) is 83.9 Å². The quantitative estimate of drug-likeness (QED) is 0.0582. The zero-order valence-electron chi connectivity index (χ0n) is 37.1. The average Bonchev–Trinajstić information content (AvgIpc) is 3.78. The van der Waals surface area contributed by atoms with Crippen molar-refractivity contribution < 1.29 is 40.7 Å². The molecule has 0 saturated carbocycles. The van der Waals surface area contributed by atoms with Crippen LogP contribution in [0.2, 0.25) is 0 Å². The summed E-state index contributed by atoms with van der Waals surface area (Å²) in [4.78, 5) is 18.0. The third kappa shape index (κ3) is 12.4. The lowest BCUT2D eigenvalue weighted by Crippen LogP contribution is -2.12. The maximum absolute atomic E-state index is 12.0. The number of rotatable bonds is 17. The first-order valence-electron chi connectivity index (χ1n) is 21.2. The van der Waals surface area contributed by atoms with Crippen LogP contribution in [0.4, 0.5) is 31.8 Å². The minimum atomic E-state index is -3.74. The number of hydrogen-bond donors (Lipinski definition) is 3. The van der Waals surface area contributed by atoms with Gasteiger partial charge in [-0.25, -0.2) is 18.7 Å². The number of pyridine rings is 4. The van der Waals surface area contributed by atoms with Gasteiger partial charge in [-0.1, -0.05) is 29.8 Å². The number of aryl methyl sites for hydroxylation is 3. The van der Waals surface area contributed by atoms with Crippen LogP contribution in [0.25, 0.3) is 43.9 Å². The third-order valence-corrected chi connectivity index (χ3v) is 11.6. The highest BCUT2D eigenvalue weighted by Gasteiger charge is 2.15. The molecule has 0 fully saturated rings. The highest BCUT2D eigenvalue weighted by Crippen LogP contribution is 2.30. The molecular formula is C49H50F2N8O7S. The Kier molecular flexibility index (Phi) is 16.2. The van der Waals surface area contributed by atoms with E-state index in [9.17, 15) is 22.3 Å². The number of fused-ring (bicyclic) bond motifs is 6. The Morgan fingerprint density at radius 2 is 1.15 bits per heavy atom. The molecule has 0 spiro atoms. The zero-order valence-corrected chi connectivity index (χ0v) is 37.9. The van der Waals surface area contributed by atoms with E-state index < -0.39 is 23.5 Å². The molecule has 9 rings (SSSR count). The summed E-state index contributed by atoms with van der Waals surface area (Å²) in [6.45, 7) is 1.51. The fourth-order valence-electron chi connectivity index (χ4n) is 7.02. The van der Waals surface area contributed by atoms with Crippen LogP contribution in [0.3, 0.4) is 0 Å². The minimum Gasteiger partial charge on any atom is -0.508 e. The summed E-state index contributed by atoms with van der Waals surface area (Å²) in [6, 6.07) is 32.9. The maximum atomic E-state index is 12.0. The highest BCUT2D eigenvalue weighted by atomic mass is 32.2. The topological polar surface area (TPSA) is 177 Å². The molecule has 18 heteroatoms. The van der Waals surface area contributed by atoms with Crippen molar-refractivity contribution in [2.75, 3.05) is 63.6 Å². The van der Waals surface area contributed by atoms with E-state index in [1.165, 1.54) is 12.1 Å². The largest absolute Gasteiger partial charge is 0.508 e. The number of alkyl halides is 2. The summed E-state index contributed by atoms with van der Waals surface area (Å²) in [5.41, 5.74) is 6.63. The summed E-state index contributed by atoms with van der Waals surface area (Å²) in [5, 5.41) is 20.4. The van der Waals surface area contributed by atoms with Gasteiger partial charge in [0.2, 0.25) is 0 Å². The SMILES string of the molecule is Cc1ccc(S(=O)(=O)OCCOCCF)cc1.Cn1c2ccncc2c2ccc(Nc3cccc(O)c3)nc21.Cn1c2ccncc2c2ccc(Nc3cccc(OCCOCCF)c3)nc21. The molecule has 0 atom stereocenters. The molecule has 0 aliphatic rings. The van der Waals surface area contributed by atoms with Gasteiger partial charge in [-0.05, 0) is 79.7 Å². The number of aromatic nitrogens is 6. The van der Waals surface area contributed by atoms with Gasteiger partial charge in [0.15, 0.2) is 0 Å². The molecule has 9 aromatic rings. The second kappa shape index (κ2) is 22.8. The Hall–Kier alpha value is -7.25. The summed E-state index contributed by atoms with van der Waals surface area (Å²) in [5.74, 6) is 2.42. The lowest BCUT2D eigenvalue weighted by atomic mass is 10.2. The van der Waals surface area contributed by atoms with E-state index in [4.69, 9.17) is 23.4 Å². The van der Waals surface area contributed by atoms with Crippen molar-refractivity contribution in [3.8, 4) is 11.5 Å². The van der Waals surface area contributed by atoms with Gasteiger partial charge in [0.1, 0.15) is 54.4 Å². The molecule has 0 aliphatic carbocycles. The first-order valence-corrected chi connectivity index (χ1v) is 22.6. The van der Waals surface area contributed by atoms with Crippen molar-refractivity contribution in [1.29, 1.82) is 0 Å². The molecule has 348 valence electrons. The van der Waals surface area contributed by atoms with Crippen LogP contribution < -0.4 is 15.4 Å². The van der Waals surface area contributed by atoms with E-state index in [1.54, 1.807) is 42.7 Å². The van der Waals surface area contributed by atoms with Crippen LogP contribution in [0.5, 0.6) is 11.5 Å². The van der Waals surface area contributed by atoms with Crippen LogP contribution in [-0.4, -0.2) is 95.6 Å². The lowest BCUT2D eigenvalue weighted by molar-refractivity contribution is 0.0897. The molecule has 3 N–H and O–H groups in total. The van der Waals surface area contributed by atoms with E-state index >= 15 is 0 Å². The number of anilines is 4. The number of nitrogens with zero attached hydrogens (tertiary/aromatic N) is 6. The maximum Gasteiger partial charge on any atom is 0.297 e. The van der Waals surface area contributed by atoms with Gasteiger partial charge in [-0.2, -0.15) is 8.42 Å². The van der Waals surface area contributed by atoms with Crippen LogP contribution in [0.15, 0.2) is 139 Å². The number of aromatic hydroxyl groups is 1. The van der Waals surface area contributed by atoms with E-state index in [1.807, 2.05) is 94.1 Å². The van der Waals surface area contributed by atoms with Gasteiger partial charge in [0.25, 0.3) is 10.1 Å². The third-order valence-electron chi connectivity index (χ3n) is 10.2. The standard InChI is InChI=1S/C21H21FN4O2.C17H14N4O.C11H15FO4S/c1-26-19-7-9-23-14-18(19)17-5-6-20(25-21(17)26)24-15-3-2-4-16(13-15)28-12-11-27-10-8-22;1-21-15-7-8-18-10-14(15)13-5-6-16(20-17(13)21)19-11-3-2-4-12(22)9-11;1-10-2-4-11(5-3-10)17(13,14)16-9-8-15-7-6-12/h2-7,9,13-14H,8,10-12H2,1H3,(H,24,25);2-10,22H,1H3,(H,19,20);2-5H,6-9H2,1H3. The molecule has 3 aromatic carbocycles. The monoisotopic (exact) mass is 932 g/mol. The number of nitrogens with one attached hydrogen (secondary N) is 2. The lowest BCUT2D eigenvalue weighted by Gasteiger charge is -2.10. The first-order chi connectivity index (χ1) is 32.5. The summed E-state index contributed by atoms with van der Waals surface area (Å²) in [6.07, 6.45) is 7.30. The fraction of sp³-hybridized carbons (Fsp3) is 0.224. The van der Waals surface area contributed by atoms with Crippen molar-refractivity contribution in [1.82, 2.24) is 29.1 Å². The normalized spacial score (nSPS) is 11.3. The second-order valence-electron chi connectivity index (χ2n) is 14.9. The predicted molar refractivity (Wildman–Crippen MR) is 257 cm³/mol. The van der Waals surface area contributed by atoms with Crippen molar-refractivity contribution >= 4 is 77.0 Å². The number of hydrogen-bond acceptors (Lipinski definition) is 13. The van der Waals surface area contributed by atoms with E-state index in [0.29, 0.717) is 19.0 Å².